The summed E-state index contributed by atoms with van der Waals surface area (Å²) in [7, 11) is 0. The van der Waals surface area contributed by atoms with Crippen molar-refractivity contribution in [3.8, 4) is 0 Å². The van der Waals surface area contributed by atoms with E-state index in [-0.39, 0.29) is 17.8 Å². The number of H-pyrrole nitrogens is 2. The third-order valence-electron chi connectivity index (χ3n) is 2.62. The number of rotatable bonds is 5. The van der Waals surface area contributed by atoms with Crippen LogP contribution in [0.1, 0.15) is 11.3 Å². The van der Waals surface area contributed by atoms with E-state index < -0.39 is 22.1 Å². The Balaban J connectivity index is 1.94. The van der Waals surface area contributed by atoms with Crippen LogP contribution in [0.5, 0.6) is 0 Å². The summed E-state index contributed by atoms with van der Waals surface area (Å²) in [6.45, 7) is 0. The number of benzene rings is 1. The van der Waals surface area contributed by atoms with E-state index in [1.165, 1.54) is 30.5 Å². The number of nitro benzene ring substituents is 1. The summed E-state index contributed by atoms with van der Waals surface area (Å²) in [5, 5.41) is 19.6. The molecule has 1 aromatic carbocycles. The highest BCUT2D eigenvalue weighted by Crippen LogP contribution is 2.10. The zero-order valence-corrected chi connectivity index (χ0v) is 11.5. The van der Waals surface area contributed by atoms with Gasteiger partial charge in [0.1, 0.15) is 5.69 Å². The van der Waals surface area contributed by atoms with Gasteiger partial charge in [0, 0.05) is 12.1 Å². The minimum absolute atomic E-state index is 0.0606. The van der Waals surface area contributed by atoms with Gasteiger partial charge in [0.15, 0.2) is 0 Å². The van der Waals surface area contributed by atoms with E-state index in [9.17, 15) is 24.5 Å². The van der Waals surface area contributed by atoms with Crippen LogP contribution in [-0.2, 0) is 11.2 Å². The third-order valence-corrected chi connectivity index (χ3v) is 2.62. The van der Waals surface area contributed by atoms with Crippen LogP contribution in [0, 0.1) is 10.1 Å². The van der Waals surface area contributed by atoms with E-state index in [1.54, 1.807) is 0 Å². The number of non-ortho nitro benzene ring substituents is 1. The SMILES string of the molecule is O=C(Cc1n[nH]c(=O)[nH]c1=O)NN=Cc1ccc([N+](=O)[O-])cc1. The Bertz CT molecular complexity index is 867. The number of nitrogens with zero attached hydrogens (tertiary/aromatic N) is 3. The summed E-state index contributed by atoms with van der Waals surface area (Å²) in [5.74, 6) is -0.617. The molecule has 0 saturated heterocycles. The van der Waals surface area contributed by atoms with Crippen LogP contribution in [0.2, 0.25) is 0 Å². The van der Waals surface area contributed by atoms with Crippen molar-refractivity contribution in [2.24, 2.45) is 5.10 Å². The second-order valence-electron chi connectivity index (χ2n) is 4.27. The minimum atomic E-state index is -0.768. The Morgan fingerprint density at radius 3 is 2.65 bits per heavy atom. The standard InChI is InChI=1S/C12H10N6O5/c19-10(5-9-11(20)14-12(21)17-15-9)16-13-6-7-1-3-8(4-2-7)18(22)23/h1-4,6H,5H2,(H,16,19)(H2,14,17,20,21). The van der Waals surface area contributed by atoms with Crippen molar-refractivity contribution < 1.29 is 9.72 Å². The van der Waals surface area contributed by atoms with E-state index in [1.807, 2.05) is 10.1 Å². The average molecular weight is 318 g/mol. The van der Waals surface area contributed by atoms with Crippen LogP contribution < -0.4 is 16.7 Å². The summed E-state index contributed by atoms with van der Waals surface area (Å²) in [6.07, 6.45) is 0.913. The molecule has 118 valence electrons. The molecule has 23 heavy (non-hydrogen) atoms. The molecule has 11 nitrogen and oxygen atoms in total. The number of carbonyl (C=O) groups excluding carboxylic acids is 1. The third kappa shape index (κ3) is 4.42. The lowest BCUT2D eigenvalue weighted by Gasteiger charge is -1.98. The monoisotopic (exact) mass is 318 g/mol. The molecule has 0 aliphatic carbocycles. The topological polar surface area (TPSA) is 163 Å². The number of hydrogen-bond donors (Lipinski definition) is 3. The predicted octanol–water partition coefficient (Wildman–Crippen LogP) is -0.941. The molecule has 0 unspecified atom stereocenters. The van der Waals surface area contributed by atoms with Gasteiger partial charge in [-0.05, 0) is 17.7 Å². The molecule has 0 aliphatic rings. The zero-order valence-electron chi connectivity index (χ0n) is 11.5. The maximum Gasteiger partial charge on any atom is 0.342 e. The van der Waals surface area contributed by atoms with Crippen LogP contribution in [0.4, 0.5) is 5.69 Å². The first-order valence-corrected chi connectivity index (χ1v) is 6.20. The highest BCUT2D eigenvalue weighted by atomic mass is 16.6. The molecule has 1 amide bonds. The van der Waals surface area contributed by atoms with Crippen molar-refractivity contribution in [3.05, 3.63) is 66.5 Å². The average Bonchev–Trinajstić information content (AvgIpc) is 2.50. The first-order valence-electron chi connectivity index (χ1n) is 6.20. The molecule has 0 spiro atoms. The number of aromatic nitrogens is 3. The maximum atomic E-state index is 11.6. The smallest absolute Gasteiger partial charge is 0.273 e. The molecule has 0 saturated carbocycles. The molecule has 2 aromatic rings. The predicted molar refractivity (Wildman–Crippen MR) is 78.0 cm³/mol. The highest BCUT2D eigenvalue weighted by molar-refractivity contribution is 5.83. The zero-order chi connectivity index (χ0) is 16.8. The summed E-state index contributed by atoms with van der Waals surface area (Å²) in [6, 6.07) is 5.52. The van der Waals surface area contributed by atoms with Gasteiger partial charge in [0.05, 0.1) is 17.6 Å². The van der Waals surface area contributed by atoms with Crippen molar-refractivity contribution in [2.75, 3.05) is 0 Å². The number of nitro groups is 1. The number of nitrogens with one attached hydrogen (secondary N) is 3. The molecule has 0 aliphatic heterocycles. The van der Waals surface area contributed by atoms with Gasteiger partial charge in [0.2, 0.25) is 5.91 Å². The van der Waals surface area contributed by atoms with Gasteiger partial charge < -0.3 is 0 Å². The summed E-state index contributed by atoms with van der Waals surface area (Å²) < 4.78 is 0. The molecule has 1 heterocycles. The van der Waals surface area contributed by atoms with Gasteiger partial charge in [-0.1, -0.05) is 0 Å². The molecule has 3 N–H and O–H groups in total. The number of hydrogen-bond acceptors (Lipinski definition) is 7. The van der Waals surface area contributed by atoms with E-state index >= 15 is 0 Å². The molecule has 0 fully saturated rings. The Kier molecular flexibility index (Phi) is 4.72. The fourth-order valence-corrected chi connectivity index (χ4v) is 1.54. The summed E-state index contributed by atoms with van der Waals surface area (Å²) in [4.78, 5) is 45.6. The largest absolute Gasteiger partial charge is 0.342 e. The Labute approximate surface area is 127 Å². The number of carbonyl (C=O) groups is 1. The van der Waals surface area contributed by atoms with E-state index in [2.05, 4.69) is 15.6 Å². The second kappa shape index (κ2) is 6.89. The van der Waals surface area contributed by atoms with Gasteiger partial charge in [0.25, 0.3) is 11.2 Å². The van der Waals surface area contributed by atoms with Crippen molar-refractivity contribution in [3.63, 3.8) is 0 Å². The maximum absolute atomic E-state index is 11.6. The lowest BCUT2D eigenvalue weighted by Crippen LogP contribution is -2.31. The fourth-order valence-electron chi connectivity index (χ4n) is 1.54. The van der Waals surface area contributed by atoms with Crippen LogP contribution in [-0.4, -0.2) is 32.2 Å². The van der Waals surface area contributed by atoms with Crippen molar-refractivity contribution >= 4 is 17.8 Å². The van der Waals surface area contributed by atoms with E-state index in [0.717, 1.165) is 0 Å². The van der Waals surface area contributed by atoms with E-state index in [4.69, 9.17) is 0 Å². The molecule has 2 rings (SSSR count). The summed E-state index contributed by atoms with van der Waals surface area (Å²) in [5.41, 5.74) is 0.959. The van der Waals surface area contributed by atoms with Crippen molar-refractivity contribution in [1.82, 2.24) is 20.6 Å². The molecule has 0 atom stereocenters. The lowest BCUT2D eigenvalue weighted by molar-refractivity contribution is -0.384. The van der Waals surface area contributed by atoms with Crippen molar-refractivity contribution in [1.29, 1.82) is 0 Å². The minimum Gasteiger partial charge on any atom is -0.273 e. The molecule has 11 heteroatoms. The first-order chi connectivity index (χ1) is 11.0. The van der Waals surface area contributed by atoms with Crippen LogP contribution in [0.3, 0.4) is 0 Å². The first kappa shape index (κ1) is 15.8. The fraction of sp³-hybridized carbons (Fsp3) is 0.0833. The second-order valence-corrected chi connectivity index (χ2v) is 4.27. The van der Waals surface area contributed by atoms with Gasteiger partial charge in [-0.25, -0.2) is 15.3 Å². The molecule has 1 aromatic heterocycles. The van der Waals surface area contributed by atoms with Crippen LogP contribution >= 0.6 is 0 Å². The quantitative estimate of drug-likeness (QED) is 0.366. The molecular formula is C12H10N6O5. The van der Waals surface area contributed by atoms with Crippen LogP contribution in [0.25, 0.3) is 0 Å². The number of hydrazone groups is 1. The Hall–Kier alpha value is -3.63. The number of aromatic amines is 2. The molecular weight excluding hydrogens is 308 g/mol. The van der Waals surface area contributed by atoms with Crippen molar-refractivity contribution in [2.45, 2.75) is 6.42 Å². The molecule has 0 bridgehead atoms. The Morgan fingerprint density at radius 1 is 1.35 bits per heavy atom. The van der Waals surface area contributed by atoms with Gasteiger partial charge in [-0.15, -0.1) is 0 Å². The van der Waals surface area contributed by atoms with E-state index in [0.29, 0.717) is 5.56 Å². The van der Waals surface area contributed by atoms with Gasteiger partial charge >= 0.3 is 5.69 Å². The normalized spacial score (nSPS) is 10.6. The van der Waals surface area contributed by atoms with Gasteiger partial charge in [-0.2, -0.15) is 10.2 Å². The highest BCUT2D eigenvalue weighted by Gasteiger charge is 2.08. The lowest BCUT2D eigenvalue weighted by atomic mass is 10.2. The Morgan fingerprint density at radius 2 is 2.04 bits per heavy atom. The molecule has 0 radical (unpaired) electrons. The summed E-state index contributed by atoms with van der Waals surface area (Å²) >= 11 is 0. The van der Waals surface area contributed by atoms with Crippen LogP contribution in [0.15, 0.2) is 39.0 Å². The number of amides is 1. The van der Waals surface area contributed by atoms with Gasteiger partial charge in [-0.3, -0.25) is 24.7 Å².